The maximum Gasteiger partial charge on any atom is 0.416 e. The molecule has 7 heteroatoms. The van der Waals surface area contributed by atoms with E-state index in [1.807, 2.05) is 0 Å². The van der Waals surface area contributed by atoms with Crippen LogP contribution < -0.4 is 10.6 Å². The second-order valence-corrected chi connectivity index (χ2v) is 4.72. The third-order valence-electron chi connectivity index (χ3n) is 2.60. The van der Waals surface area contributed by atoms with Crippen LogP contribution in [0.1, 0.15) is 5.56 Å². The molecular weight excluding hydrogens is 301 g/mol. The van der Waals surface area contributed by atoms with Crippen molar-refractivity contribution in [3.8, 4) is 0 Å². The molecule has 0 fully saturated rings. The minimum Gasteiger partial charge on any atom is -0.308 e. The van der Waals surface area contributed by atoms with Crippen LogP contribution in [0, 0.1) is 0 Å². The van der Waals surface area contributed by atoms with Crippen LogP contribution in [0.3, 0.4) is 0 Å². The zero-order chi connectivity index (χ0) is 15.5. The first-order chi connectivity index (χ1) is 9.84. The van der Waals surface area contributed by atoms with Gasteiger partial charge < -0.3 is 10.6 Å². The second-order valence-electron chi connectivity index (χ2n) is 4.20. The minimum absolute atomic E-state index is 0.270. The van der Waals surface area contributed by atoms with Gasteiger partial charge in [-0.15, -0.1) is 12.6 Å². The minimum atomic E-state index is -4.39. The Labute approximate surface area is 124 Å². The number of hydrogen-bond donors (Lipinski definition) is 3. The molecule has 2 N–H and O–H groups in total. The molecular formula is C14H11F3N2OS. The summed E-state index contributed by atoms with van der Waals surface area (Å²) in [6.45, 7) is 0. The number of alkyl halides is 3. The monoisotopic (exact) mass is 312 g/mol. The number of amides is 2. The number of nitrogens with one attached hydrogen (secondary N) is 2. The Bertz CT molecular complexity index is 624. The number of carbonyl (C=O) groups excluding carboxylic acids is 1. The zero-order valence-electron chi connectivity index (χ0n) is 10.6. The molecule has 2 aromatic rings. The Morgan fingerprint density at radius 2 is 1.29 bits per heavy atom. The molecule has 0 saturated heterocycles. The normalized spacial score (nSPS) is 11.0. The lowest BCUT2D eigenvalue weighted by Gasteiger charge is -2.10. The van der Waals surface area contributed by atoms with Gasteiger partial charge in [0.25, 0.3) is 0 Å². The highest BCUT2D eigenvalue weighted by Gasteiger charge is 2.29. The van der Waals surface area contributed by atoms with Gasteiger partial charge >= 0.3 is 12.2 Å². The molecule has 0 radical (unpaired) electrons. The zero-order valence-corrected chi connectivity index (χ0v) is 11.5. The van der Waals surface area contributed by atoms with E-state index in [1.54, 1.807) is 24.3 Å². The van der Waals surface area contributed by atoms with E-state index < -0.39 is 17.8 Å². The van der Waals surface area contributed by atoms with Gasteiger partial charge in [0, 0.05) is 16.3 Å². The number of anilines is 2. The van der Waals surface area contributed by atoms with Crippen LogP contribution >= 0.6 is 12.6 Å². The lowest BCUT2D eigenvalue weighted by Crippen LogP contribution is -2.19. The molecule has 0 saturated carbocycles. The fourth-order valence-electron chi connectivity index (χ4n) is 1.58. The summed E-state index contributed by atoms with van der Waals surface area (Å²) >= 11 is 4.11. The molecule has 2 aromatic carbocycles. The van der Waals surface area contributed by atoms with Crippen LogP contribution in [0.5, 0.6) is 0 Å². The second kappa shape index (κ2) is 6.09. The highest BCUT2D eigenvalue weighted by Crippen LogP contribution is 2.29. The molecule has 0 unspecified atom stereocenters. The van der Waals surface area contributed by atoms with Crippen molar-refractivity contribution in [2.45, 2.75) is 11.1 Å². The van der Waals surface area contributed by atoms with Crippen molar-refractivity contribution in [1.82, 2.24) is 0 Å². The van der Waals surface area contributed by atoms with E-state index in [2.05, 4.69) is 23.3 Å². The van der Waals surface area contributed by atoms with E-state index in [1.165, 1.54) is 12.1 Å². The van der Waals surface area contributed by atoms with Crippen molar-refractivity contribution in [3.63, 3.8) is 0 Å². The van der Waals surface area contributed by atoms with Crippen LogP contribution in [0.4, 0.5) is 29.3 Å². The molecule has 0 atom stereocenters. The summed E-state index contributed by atoms with van der Waals surface area (Å²) in [5.74, 6) is 0. The van der Waals surface area contributed by atoms with Crippen LogP contribution in [-0.2, 0) is 6.18 Å². The Morgan fingerprint density at radius 3 is 1.71 bits per heavy atom. The van der Waals surface area contributed by atoms with Gasteiger partial charge in [-0.3, -0.25) is 0 Å². The lowest BCUT2D eigenvalue weighted by molar-refractivity contribution is -0.137. The summed E-state index contributed by atoms with van der Waals surface area (Å²) in [6, 6.07) is 10.4. The number of carbonyl (C=O) groups is 1. The Balaban J connectivity index is 1.98. The van der Waals surface area contributed by atoms with E-state index in [0.29, 0.717) is 5.69 Å². The predicted molar refractivity (Wildman–Crippen MR) is 77.8 cm³/mol. The largest absolute Gasteiger partial charge is 0.416 e. The lowest BCUT2D eigenvalue weighted by atomic mass is 10.2. The van der Waals surface area contributed by atoms with E-state index in [9.17, 15) is 18.0 Å². The van der Waals surface area contributed by atoms with Gasteiger partial charge in [-0.2, -0.15) is 13.2 Å². The summed E-state index contributed by atoms with van der Waals surface area (Å²) < 4.78 is 37.2. The van der Waals surface area contributed by atoms with Gasteiger partial charge in [0.2, 0.25) is 0 Å². The van der Waals surface area contributed by atoms with Gasteiger partial charge in [0.1, 0.15) is 0 Å². The first kappa shape index (κ1) is 15.2. The number of halogens is 3. The molecule has 3 nitrogen and oxygen atoms in total. The molecule has 2 rings (SSSR count). The molecule has 0 spiro atoms. The van der Waals surface area contributed by atoms with E-state index in [4.69, 9.17) is 0 Å². The molecule has 0 bridgehead atoms. The van der Waals surface area contributed by atoms with Gasteiger partial charge in [-0.05, 0) is 48.5 Å². The molecule has 2 amide bonds. The summed E-state index contributed by atoms with van der Waals surface area (Å²) in [4.78, 5) is 12.4. The standard InChI is InChI=1S/C14H11F3N2OS/c15-14(16,17)9-1-3-10(4-2-9)18-13(20)19-11-5-7-12(21)8-6-11/h1-8,21H,(H2,18,19,20). The first-order valence-corrected chi connectivity index (χ1v) is 6.33. The van der Waals surface area contributed by atoms with Gasteiger partial charge in [0.05, 0.1) is 5.56 Å². The molecule has 0 aliphatic heterocycles. The van der Waals surface area contributed by atoms with Crippen molar-refractivity contribution in [2.24, 2.45) is 0 Å². The average molecular weight is 312 g/mol. The Hall–Kier alpha value is -2.15. The Kier molecular flexibility index (Phi) is 4.42. The maximum absolute atomic E-state index is 12.4. The number of benzene rings is 2. The number of urea groups is 1. The summed E-state index contributed by atoms with van der Waals surface area (Å²) in [6.07, 6.45) is -4.39. The van der Waals surface area contributed by atoms with Crippen LogP contribution in [0.2, 0.25) is 0 Å². The van der Waals surface area contributed by atoms with Crippen molar-refractivity contribution >= 4 is 30.0 Å². The van der Waals surface area contributed by atoms with Gasteiger partial charge in [-0.25, -0.2) is 4.79 Å². The molecule has 0 aliphatic carbocycles. The van der Waals surface area contributed by atoms with Crippen molar-refractivity contribution in [3.05, 3.63) is 54.1 Å². The summed E-state index contributed by atoms with van der Waals surface area (Å²) in [7, 11) is 0. The SMILES string of the molecule is O=C(Nc1ccc(S)cc1)Nc1ccc(C(F)(F)F)cc1. The van der Waals surface area contributed by atoms with Crippen molar-refractivity contribution < 1.29 is 18.0 Å². The average Bonchev–Trinajstić information content (AvgIpc) is 2.41. The fourth-order valence-corrected chi connectivity index (χ4v) is 1.73. The first-order valence-electron chi connectivity index (χ1n) is 5.89. The Morgan fingerprint density at radius 1 is 0.857 bits per heavy atom. The number of thiol groups is 1. The molecule has 0 aromatic heterocycles. The van der Waals surface area contributed by atoms with Crippen molar-refractivity contribution in [2.75, 3.05) is 10.6 Å². The number of rotatable bonds is 2. The maximum atomic E-state index is 12.4. The highest BCUT2D eigenvalue weighted by molar-refractivity contribution is 7.80. The predicted octanol–water partition coefficient (Wildman–Crippen LogP) is 4.64. The summed E-state index contributed by atoms with van der Waals surface area (Å²) in [5, 5.41) is 5.00. The fraction of sp³-hybridized carbons (Fsp3) is 0.0714. The summed E-state index contributed by atoms with van der Waals surface area (Å²) in [5.41, 5.74) is 0.0568. The van der Waals surface area contributed by atoms with Crippen LogP contribution in [0.25, 0.3) is 0 Å². The van der Waals surface area contributed by atoms with E-state index in [-0.39, 0.29) is 5.69 Å². The van der Waals surface area contributed by atoms with Gasteiger partial charge in [0.15, 0.2) is 0 Å². The topological polar surface area (TPSA) is 41.1 Å². The van der Waals surface area contributed by atoms with E-state index >= 15 is 0 Å². The van der Waals surface area contributed by atoms with Crippen LogP contribution in [0.15, 0.2) is 53.4 Å². The number of hydrogen-bond acceptors (Lipinski definition) is 2. The molecule has 0 heterocycles. The smallest absolute Gasteiger partial charge is 0.308 e. The molecule has 0 aliphatic rings. The quantitative estimate of drug-likeness (QED) is 0.695. The third kappa shape index (κ3) is 4.42. The van der Waals surface area contributed by atoms with Crippen LogP contribution in [-0.4, -0.2) is 6.03 Å². The molecule has 110 valence electrons. The van der Waals surface area contributed by atoms with E-state index in [0.717, 1.165) is 17.0 Å². The van der Waals surface area contributed by atoms with Crippen molar-refractivity contribution in [1.29, 1.82) is 0 Å². The van der Waals surface area contributed by atoms with Gasteiger partial charge in [-0.1, -0.05) is 0 Å². The third-order valence-corrected chi connectivity index (χ3v) is 2.89. The highest BCUT2D eigenvalue weighted by atomic mass is 32.1. The molecule has 21 heavy (non-hydrogen) atoms.